The monoisotopic (exact) mass is 406 g/mol. The van der Waals surface area contributed by atoms with Gasteiger partial charge in [0.25, 0.3) is 0 Å². The van der Waals surface area contributed by atoms with Gasteiger partial charge in [-0.25, -0.2) is 13.2 Å². The first kappa shape index (κ1) is 21.2. The Morgan fingerprint density at radius 3 is 2.46 bits per heavy atom. The highest BCUT2D eigenvalue weighted by atomic mass is 32.2. The predicted molar refractivity (Wildman–Crippen MR) is 104 cm³/mol. The van der Waals surface area contributed by atoms with Crippen molar-refractivity contribution in [1.29, 1.82) is 0 Å². The topological polar surface area (TPSA) is 122 Å². The highest BCUT2D eigenvalue weighted by Gasteiger charge is 2.20. The molecule has 2 aromatic carbocycles. The van der Waals surface area contributed by atoms with Crippen LogP contribution in [0.5, 0.6) is 5.75 Å². The Kier molecular flexibility index (Phi) is 7.00. The van der Waals surface area contributed by atoms with Gasteiger partial charge in [0.15, 0.2) is 9.84 Å². The lowest BCUT2D eigenvalue weighted by Gasteiger charge is -2.15. The first-order chi connectivity index (χ1) is 13.2. The zero-order valence-corrected chi connectivity index (χ0v) is 16.3. The molecule has 2 amide bonds. The summed E-state index contributed by atoms with van der Waals surface area (Å²) in [7, 11) is -3.50. The van der Waals surface area contributed by atoms with E-state index in [4.69, 9.17) is 4.74 Å². The van der Waals surface area contributed by atoms with E-state index in [2.05, 4.69) is 10.6 Å². The number of sulfone groups is 1. The van der Waals surface area contributed by atoms with Crippen molar-refractivity contribution in [1.82, 2.24) is 5.32 Å². The number of aromatic hydroxyl groups is 1. The van der Waals surface area contributed by atoms with Gasteiger partial charge in [0.1, 0.15) is 18.4 Å². The molecule has 0 fully saturated rings. The Balaban J connectivity index is 1.96. The summed E-state index contributed by atoms with van der Waals surface area (Å²) in [6.07, 6.45) is -0.780. The summed E-state index contributed by atoms with van der Waals surface area (Å²) in [4.78, 5) is 24.1. The van der Waals surface area contributed by atoms with E-state index >= 15 is 0 Å². The number of carbonyl (C=O) groups is 2. The average Bonchev–Trinajstić information content (AvgIpc) is 2.68. The van der Waals surface area contributed by atoms with Gasteiger partial charge in [0, 0.05) is 0 Å². The highest BCUT2D eigenvalue weighted by Crippen LogP contribution is 2.27. The Labute approximate surface area is 163 Å². The molecule has 2 aromatic rings. The van der Waals surface area contributed by atoms with Crippen molar-refractivity contribution < 1.29 is 27.9 Å². The fourth-order valence-electron chi connectivity index (χ4n) is 2.22. The molecule has 8 nitrogen and oxygen atoms in total. The van der Waals surface area contributed by atoms with E-state index in [0.29, 0.717) is 0 Å². The molecule has 9 heteroatoms. The summed E-state index contributed by atoms with van der Waals surface area (Å²) in [5.41, 5.74) is 0.736. The van der Waals surface area contributed by atoms with Crippen LogP contribution in [0.4, 0.5) is 10.5 Å². The van der Waals surface area contributed by atoms with Crippen LogP contribution in [-0.4, -0.2) is 37.3 Å². The Morgan fingerprint density at radius 2 is 1.82 bits per heavy atom. The quantitative estimate of drug-likeness (QED) is 0.607. The first-order valence-corrected chi connectivity index (χ1v) is 10.2. The minimum Gasteiger partial charge on any atom is -0.506 e. The van der Waals surface area contributed by atoms with E-state index in [1.807, 2.05) is 18.2 Å². The predicted octanol–water partition coefficient (Wildman–Crippen LogP) is 2.44. The minimum absolute atomic E-state index is 0.0222. The third-order valence-corrected chi connectivity index (χ3v) is 5.64. The molecular weight excluding hydrogens is 384 g/mol. The number of ether oxygens (including phenoxy) is 1. The summed E-state index contributed by atoms with van der Waals surface area (Å²) in [6, 6.07) is 11.7. The lowest BCUT2D eigenvalue weighted by Crippen LogP contribution is -2.41. The fraction of sp³-hybridized carbons (Fsp3) is 0.263. The van der Waals surface area contributed by atoms with Gasteiger partial charge in [-0.3, -0.25) is 4.79 Å². The zero-order chi connectivity index (χ0) is 20.7. The molecule has 0 saturated heterocycles. The third-order valence-electron chi connectivity index (χ3n) is 3.91. The summed E-state index contributed by atoms with van der Waals surface area (Å²) in [5.74, 6) is -1.05. The number of anilines is 1. The van der Waals surface area contributed by atoms with Gasteiger partial charge in [-0.15, -0.1) is 0 Å². The van der Waals surface area contributed by atoms with Gasteiger partial charge in [0.05, 0.1) is 16.3 Å². The first-order valence-electron chi connectivity index (χ1n) is 8.56. The second-order valence-corrected chi connectivity index (χ2v) is 8.28. The molecule has 0 heterocycles. The van der Waals surface area contributed by atoms with E-state index in [-0.39, 0.29) is 28.7 Å². The Morgan fingerprint density at radius 1 is 1.14 bits per heavy atom. The normalized spacial score (nSPS) is 12.1. The van der Waals surface area contributed by atoms with Crippen molar-refractivity contribution in [3.05, 3.63) is 54.1 Å². The highest BCUT2D eigenvalue weighted by molar-refractivity contribution is 7.91. The van der Waals surface area contributed by atoms with Crippen LogP contribution >= 0.6 is 0 Å². The Hall–Kier alpha value is -3.07. The number of phenolic OH excluding ortho intramolecular Hbond substituents is 1. The molecule has 150 valence electrons. The maximum atomic E-state index is 12.3. The van der Waals surface area contributed by atoms with Crippen LogP contribution in [0, 0.1) is 0 Å². The lowest BCUT2D eigenvalue weighted by molar-refractivity contribution is -0.117. The number of phenols is 1. The smallest absolute Gasteiger partial charge is 0.408 e. The van der Waals surface area contributed by atoms with Gasteiger partial charge in [-0.05, 0) is 30.7 Å². The molecule has 28 heavy (non-hydrogen) atoms. The van der Waals surface area contributed by atoms with Crippen LogP contribution in [0.2, 0.25) is 0 Å². The van der Waals surface area contributed by atoms with Crippen molar-refractivity contribution >= 4 is 27.5 Å². The van der Waals surface area contributed by atoms with E-state index in [1.54, 1.807) is 12.1 Å². The SMILES string of the molecule is CCS(=O)(=O)c1ccc(O)c(NC(=O)[C@H](C)NC(=O)OCc2ccccc2)c1. The number of nitrogens with one attached hydrogen (secondary N) is 2. The van der Waals surface area contributed by atoms with E-state index in [9.17, 15) is 23.1 Å². The van der Waals surface area contributed by atoms with Crippen LogP contribution in [-0.2, 0) is 26.0 Å². The van der Waals surface area contributed by atoms with Crippen LogP contribution < -0.4 is 10.6 Å². The van der Waals surface area contributed by atoms with Crippen molar-refractivity contribution in [2.75, 3.05) is 11.1 Å². The maximum absolute atomic E-state index is 12.3. The van der Waals surface area contributed by atoms with Crippen molar-refractivity contribution in [2.45, 2.75) is 31.4 Å². The number of rotatable bonds is 7. The van der Waals surface area contributed by atoms with E-state index in [0.717, 1.165) is 5.56 Å². The van der Waals surface area contributed by atoms with Crippen LogP contribution in [0.1, 0.15) is 19.4 Å². The van der Waals surface area contributed by atoms with E-state index < -0.39 is 27.9 Å². The standard InChI is InChI=1S/C19H22N2O6S/c1-3-28(25,26)15-9-10-17(22)16(11-15)21-18(23)13(2)20-19(24)27-12-14-7-5-4-6-8-14/h4-11,13,22H,3,12H2,1-2H3,(H,20,24)(H,21,23)/t13-/m0/s1. The summed E-state index contributed by atoms with van der Waals surface area (Å²) in [5, 5.41) is 14.6. The molecule has 0 aliphatic carbocycles. The van der Waals surface area contributed by atoms with Crippen LogP contribution in [0.15, 0.2) is 53.4 Å². The van der Waals surface area contributed by atoms with Crippen molar-refractivity contribution in [2.24, 2.45) is 0 Å². The number of alkyl carbamates (subject to hydrolysis) is 1. The summed E-state index contributed by atoms with van der Waals surface area (Å²) in [6.45, 7) is 2.98. The third kappa shape index (κ3) is 5.71. The molecule has 0 unspecified atom stereocenters. The second-order valence-electron chi connectivity index (χ2n) is 6.00. The van der Waals surface area contributed by atoms with Gasteiger partial charge < -0.3 is 20.5 Å². The minimum atomic E-state index is -3.50. The molecular formula is C19H22N2O6S. The number of amides is 2. The number of benzene rings is 2. The number of hydrogen-bond donors (Lipinski definition) is 3. The lowest BCUT2D eigenvalue weighted by atomic mass is 10.2. The van der Waals surface area contributed by atoms with Gasteiger partial charge in [-0.2, -0.15) is 0 Å². The van der Waals surface area contributed by atoms with Gasteiger partial charge >= 0.3 is 6.09 Å². The van der Waals surface area contributed by atoms with Crippen LogP contribution in [0.3, 0.4) is 0 Å². The fourth-order valence-corrected chi connectivity index (χ4v) is 3.13. The summed E-state index contributed by atoms with van der Waals surface area (Å²) < 4.78 is 28.9. The molecule has 0 aromatic heterocycles. The maximum Gasteiger partial charge on any atom is 0.408 e. The van der Waals surface area contributed by atoms with E-state index in [1.165, 1.54) is 32.0 Å². The molecule has 0 saturated carbocycles. The second kappa shape index (κ2) is 9.23. The van der Waals surface area contributed by atoms with Gasteiger partial charge in [-0.1, -0.05) is 37.3 Å². The van der Waals surface area contributed by atoms with Crippen molar-refractivity contribution in [3.63, 3.8) is 0 Å². The molecule has 1 atom stereocenters. The molecule has 0 radical (unpaired) electrons. The molecule has 0 aliphatic rings. The summed E-state index contributed by atoms with van der Waals surface area (Å²) >= 11 is 0. The average molecular weight is 406 g/mol. The largest absolute Gasteiger partial charge is 0.506 e. The molecule has 0 aliphatic heterocycles. The van der Waals surface area contributed by atoms with Crippen molar-refractivity contribution in [3.8, 4) is 5.75 Å². The Bertz CT molecular complexity index is 944. The molecule has 0 bridgehead atoms. The molecule has 3 N–H and O–H groups in total. The molecule has 0 spiro atoms. The van der Waals surface area contributed by atoms with Gasteiger partial charge in [0.2, 0.25) is 5.91 Å². The van der Waals surface area contributed by atoms with Crippen LogP contribution in [0.25, 0.3) is 0 Å². The molecule has 2 rings (SSSR count). The zero-order valence-electron chi connectivity index (χ0n) is 15.5. The number of carbonyl (C=O) groups excluding carboxylic acids is 2. The number of hydrogen-bond acceptors (Lipinski definition) is 6.